The zero-order valence-corrected chi connectivity index (χ0v) is 14.7. The van der Waals surface area contributed by atoms with Crippen LogP contribution in [0.3, 0.4) is 0 Å². The molecule has 0 saturated carbocycles. The fraction of sp³-hybridized carbons (Fsp3) is 0.130. The van der Waals surface area contributed by atoms with Crippen LogP contribution in [-0.4, -0.2) is 11.7 Å². The topological polar surface area (TPSA) is 46.2 Å². The van der Waals surface area contributed by atoms with Crippen molar-refractivity contribution in [2.75, 3.05) is 5.32 Å². The summed E-state index contributed by atoms with van der Waals surface area (Å²) in [4.78, 5) is 24.6. The number of carbonyl (C=O) groups excluding carboxylic acids is 2. The molecule has 3 aromatic rings. The van der Waals surface area contributed by atoms with Crippen molar-refractivity contribution < 1.29 is 9.59 Å². The third-order valence-corrected chi connectivity index (χ3v) is 4.24. The number of amides is 1. The summed E-state index contributed by atoms with van der Waals surface area (Å²) in [6.45, 7) is 2.00. The Balaban J connectivity index is 1.72. The Morgan fingerprint density at radius 1 is 0.846 bits per heavy atom. The quantitative estimate of drug-likeness (QED) is 0.653. The molecule has 0 saturated heterocycles. The van der Waals surface area contributed by atoms with Crippen LogP contribution in [-0.2, 0) is 16.0 Å². The minimum absolute atomic E-state index is 0.197. The summed E-state index contributed by atoms with van der Waals surface area (Å²) >= 11 is 0. The first kappa shape index (κ1) is 17.6. The smallest absolute Gasteiger partial charge is 0.291 e. The molecule has 0 fully saturated rings. The Labute approximate surface area is 153 Å². The van der Waals surface area contributed by atoms with Crippen LogP contribution in [0.25, 0.3) is 11.1 Å². The Morgan fingerprint density at radius 3 is 2.19 bits per heavy atom. The SMILES string of the molecule is Cc1ccc(NC(=O)C(=O)CCc2ccccc2)c(-c2ccccc2)c1. The van der Waals surface area contributed by atoms with Gasteiger partial charge >= 0.3 is 0 Å². The summed E-state index contributed by atoms with van der Waals surface area (Å²) in [7, 11) is 0. The molecule has 0 spiro atoms. The van der Waals surface area contributed by atoms with Crippen LogP contribution in [0.4, 0.5) is 5.69 Å². The van der Waals surface area contributed by atoms with E-state index < -0.39 is 11.7 Å². The fourth-order valence-electron chi connectivity index (χ4n) is 2.83. The minimum atomic E-state index is -0.568. The summed E-state index contributed by atoms with van der Waals surface area (Å²) in [5, 5.41) is 2.78. The molecule has 0 unspecified atom stereocenters. The summed E-state index contributed by atoms with van der Waals surface area (Å²) in [6.07, 6.45) is 0.759. The first-order valence-corrected chi connectivity index (χ1v) is 8.67. The van der Waals surface area contributed by atoms with E-state index in [2.05, 4.69) is 5.32 Å². The minimum Gasteiger partial charge on any atom is -0.319 e. The number of hydrogen-bond donors (Lipinski definition) is 1. The number of carbonyl (C=O) groups is 2. The van der Waals surface area contributed by atoms with Crippen molar-refractivity contribution in [1.82, 2.24) is 0 Å². The molecule has 0 bridgehead atoms. The molecule has 26 heavy (non-hydrogen) atoms. The van der Waals surface area contributed by atoms with Gasteiger partial charge in [0.1, 0.15) is 0 Å². The van der Waals surface area contributed by atoms with Crippen molar-refractivity contribution in [1.29, 1.82) is 0 Å². The van der Waals surface area contributed by atoms with E-state index in [1.54, 1.807) is 0 Å². The highest BCUT2D eigenvalue weighted by Gasteiger charge is 2.16. The van der Waals surface area contributed by atoms with Crippen molar-refractivity contribution in [3.8, 4) is 11.1 Å². The van der Waals surface area contributed by atoms with Gasteiger partial charge in [0, 0.05) is 17.7 Å². The highest BCUT2D eigenvalue weighted by Crippen LogP contribution is 2.29. The number of hydrogen-bond acceptors (Lipinski definition) is 2. The Kier molecular flexibility index (Phi) is 5.59. The number of nitrogens with one attached hydrogen (secondary N) is 1. The number of rotatable bonds is 6. The molecule has 1 N–H and O–H groups in total. The van der Waals surface area contributed by atoms with Gasteiger partial charge in [0.15, 0.2) is 0 Å². The van der Waals surface area contributed by atoms with Gasteiger partial charge in [-0.1, -0.05) is 72.3 Å². The number of benzene rings is 3. The van der Waals surface area contributed by atoms with Gasteiger partial charge in [0.2, 0.25) is 5.78 Å². The monoisotopic (exact) mass is 343 g/mol. The van der Waals surface area contributed by atoms with Crippen molar-refractivity contribution in [3.05, 3.63) is 90.0 Å². The van der Waals surface area contributed by atoms with Crippen LogP contribution in [0.1, 0.15) is 17.5 Å². The molecule has 0 aliphatic carbocycles. The van der Waals surface area contributed by atoms with E-state index in [-0.39, 0.29) is 6.42 Å². The molecule has 3 aromatic carbocycles. The molecule has 0 aliphatic rings. The Bertz CT molecular complexity index is 902. The van der Waals surface area contributed by atoms with Crippen LogP contribution in [0.5, 0.6) is 0 Å². The summed E-state index contributed by atoms with van der Waals surface area (Å²) in [6, 6.07) is 25.3. The van der Waals surface area contributed by atoms with E-state index in [1.807, 2.05) is 85.8 Å². The molecule has 0 atom stereocenters. The van der Waals surface area contributed by atoms with E-state index in [0.717, 1.165) is 22.3 Å². The lowest BCUT2D eigenvalue weighted by molar-refractivity contribution is -0.134. The van der Waals surface area contributed by atoms with Crippen molar-refractivity contribution in [2.45, 2.75) is 19.8 Å². The summed E-state index contributed by atoms with van der Waals surface area (Å²) < 4.78 is 0. The van der Waals surface area contributed by atoms with Crippen molar-refractivity contribution in [2.24, 2.45) is 0 Å². The van der Waals surface area contributed by atoms with Gasteiger partial charge in [-0.2, -0.15) is 0 Å². The van der Waals surface area contributed by atoms with Gasteiger partial charge in [-0.3, -0.25) is 9.59 Å². The largest absolute Gasteiger partial charge is 0.319 e. The van der Waals surface area contributed by atoms with Crippen LogP contribution in [0.2, 0.25) is 0 Å². The number of Topliss-reactive ketones (excluding diaryl/α,β-unsaturated/α-hetero) is 1. The molecule has 0 aliphatic heterocycles. The van der Waals surface area contributed by atoms with Crippen LogP contribution >= 0.6 is 0 Å². The Morgan fingerprint density at radius 2 is 1.50 bits per heavy atom. The molecule has 1 amide bonds. The zero-order valence-electron chi connectivity index (χ0n) is 14.7. The molecular weight excluding hydrogens is 322 g/mol. The number of aryl methyl sites for hydroxylation is 2. The second-order valence-electron chi connectivity index (χ2n) is 6.28. The van der Waals surface area contributed by atoms with Crippen LogP contribution < -0.4 is 5.32 Å². The fourth-order valence-corrected chi connectivity index (χ4v) is 2.83. The second-order valence-corrected chi connectivity index (χ2v) is 6.28. The summed E-state index contributed by atoms with van der Waals surface area (Å²) in [5.41, 5.74) is 4.71. The third kappa shape index (κ3) is 4.45. The average molecular weight is 343 g/mol. The van der Waals surface area contributed by atoms with E-state index in [1.165, 1.54) is 0 Å². The van der Waals surface area contributed by atoms with E-state index in [4.69, 9.17) is 0 Å². The maximum atomic E-state index is 12.3. The lowest BCUT2D eigenvalue weighted by Crippen LogP contribution is -2.23. The lowest BCUT2D eigenvalue weighted by Gasteiger charge is -2.12. The predicted molar refractivity (Wildman–Crippen MR) is 105 cm³/mol. The van der Waals surface area contributed by atoms with Crippen molar-refractivity contribution >= 4 is 17.4 Å². The standard InChI is InChI=1S/C23H21NO2/c1-17-12-14-21(20(16-17)19-10-6-3-7-11-19)24-23(26)22(25)15-13-18-8-4-2-5-9-18/h2-12,14,16H,13,15H2,1H3,(H,24,26). The van der Waals surface area contributed by atoms with Gasteiger partial charge in [0.25, 0.3) is 5.91 Å². The molecular formula is C23H21NO2. The van der Waals surface area contributed by atoms with Crippen molar-refractivity contribution in [3.63, 3.8) is 0 Å². The Hall–Kier alpha value is -3.20. The first-order valence-electron chi connectivity index (χ1n) is 8.67. The normalized spacial score (nSPS) is 10.3. The van der Waals surface area contributed by atoms with E-state index in [9.17, 15) is 9.59 Å². The number of anilines is 1. The molecule has 3 rings (SSSR count). The average Bonchev–Trinajstić information content (AvgIpc) is 2.69. The molecule has 3 heteroatoms. The highest BCUT2D eigenvalue weighted by molar-refractivity contribution is 6.40. The zero-order chi connectivity index (χ0) is 18.4. The maximum absolute atomic E-state index is 12.3. The maximum Gasteiger partial charge on any atom is 0.291 e. The molecule has 0 heterocycles. The predicted octanol–water partition coefficient (Wildman–Crippen LogP) is 4.80. The lowest BCUT2D eigenvalue weighted by atomic mass is 10.0. The third-order valence-electron chi connectivity index (χ3n) is 4.24. The molecule has 0 aromatic heterocycles. The van der Waals surface area contributed by atoms with Gasteiger partial charge in [-0.25, -0.2) is 0 Å². The van der Waals surface area contributed by atoms with Crippen LogP contribution in [0.15, 0.2) is 78.9 Å². The van der Waals surface area contributed by atoms with Gasteiger partial charge in [-0.15, -0.1) is 0 Å². The van der Waals surface area contributed by atoms with E-state index >= 15 is 0 Å². The summed E-state index contributed by atoms with van der Waals surface area (Å²) in [5.74, 6) is -0.976. The van der Waals surface area contributed by atoms with Gasteiger partial charge in [-0.05, 0) is 36.6 Å². The number of ketones is 1. The van der Waals surface area contributed by atoms with Crippen LogP contribution in [0, 0.1) is 6.92 Å². The second kappa shape index (κ2) is 8.26. The van der Waals surface area contributed by atoms with Gasteiger partial charge < -0.3 is 5.32 Å². The highest BCUT2D eigenvalue weighted by atomic mass is 16.2. The van der Waals surface area contributed by atoms with Gasteiger partial charge in [0.05, 0.1) is 0 Å². The first-order chi connectivity index (χ1) is 12.6. The van der Waals surface area contributed by atoms with E-state index in [0.29, 0.717) is 12.1 Å². The molecule has 3 nitrogen and oxygen atoms in total. The molecule has 130 valence electrons. The molecule has 0 radical (unpaired) electrons.